The zero-order chi connectivity index (χ0) is 48.9. The summed E-state index contributed by atoms with van der Waals surface area (Å²) in [6, 6.07) is 16.7. The summed E-state index contributed by atoms with van der Waals surface area (Å²) in [6.07, 6.45) is 56.1. The van der Waals surface area contributed by atoms with Gasteiger partial charge in [0.15, 0.2) is 0 Å². The van der Waals surface area contributed by atoms with Crippen molar-refractivity contribution in [2.24, 2.45) is 0 Å². The van der Waals surface area contributed by atoms with Crippen molar-refractivity contribution >= 4 is 46.4 Å². The van der Waals surface area contributed by atoms with Crippen LogP contribution in [0.1, 0.15) is 272 Å². The van der Waals surface area contributed by atoms with E-state index in [9.17, 15) is 5.11 Å². The number of phenolic OH excluding ortho intramolecular Hbond substituents is 1. The molecule has 8 bridgehead atoms. The molecule has 0 aliphatic carbocycles. The van der Waals surface area contributed by atoms with Crippen LogP contribution in [0.3, 0.4) is 0 Å². The number of rotatable bonds is 37. The van der Waals surface area contributed by atoms with Crippen molar-refractivity contribution in [2.75, 3.05) is 0 Å². The van der Waals surface area contributed by atoms with Gasteiger partial charge in [0, 0.05) is 44.3 Å². The molecule has 3 aromatic heterocycles. The maximum atomic E-state index is 10.8. The molecule has 2 aliphatic rings. The Morgan fingerprint density at radius 1 is 0.343 bits per heavy atom. The zero-order valence-electron chi connectivity index (χ0n) is 44.7. The number of aromatic hydroxyl groups is 1. The van der Waals surface area contributed by atoms with E-state index in [0.717, 1.165) is 94.5 Å². The Labute approximate surface area is 426 Å². The van der Waals surface area contributed by atoms with Crippen LogP contribution in [0.25, 0.3) is 57.5 Å². The van der Waals surface area contributed by atoms with Crippen molar-refractivity contribution in [1.82, 2.24) is 19.9 Å². The first kappa shape index (κ1) is 54.9. The third kappa shape index (κ3) is 18.3. The van der Waals surface area contributed by atoms with E-state index < -0.39 is 0 Å². The molecule has 0 amide bonds. The first-order valence-corrected chi connectivity index (χ1v) is 29.5. The minimum absolute atomic E-state index is 0.269. The third-order valence-electron chi connectivity index (χ3n) is 15.3. The van der Waals surface area contributed by atoms with Gasteiger partial charge in [-0.15, -0.1) is 0 Å². The lowest BCUT2D eigenvalue weighted by molar-refractivity contribution is 0.475. The maximum absolute atomic E-state index is 10.8. The molecular formula is C65H96N4O. The number of fused-ring (bicyclic) bond motifs is 8. The number of hydrogen-bond acceptors (Lipinski definition) is 3. The Hall–Kier alpha value is -4.38. The predicted molar refractivity (Wildman–Crippen MR) is 306 cm³/mol. The van der Waals surface area contributed by atoms with Crippen LogP contribution >= 0.6 is 0 Å². The van der Waals surface area contributed by atoms with Gasteiger partial charge in [0.05, 0.1) is 22.8 Å². The fourth-order valence-corrected chi connectivity index (χ4v) is 11.0. The molecule has 0 saturated carbocycles. The molecule has 70 heavy (non-hydrogen) atoms. The zero-order valence-corrected chi connectivity index (χ0v) is 44.7. The van der Waals surface area contributed by atoms with Crippen LogP contribution in [0.15, 0.2) is 48.5 Å². The Kier molecular flexibility index (Phi) is 25.6. The minimum atomic E-state index is 0.269. The second kappa shape index (κ2) is 32.6. The average molecular weight is 950 g/mol. The van der Waals surface area contributed by atoms with Gasteiger partial charge in [0.1, 0.15) is 5.75 Å². The van der Waals surface area contributed by atoms with Gasteiger partial charge in [0.25, 0.3) is 0 Å². The van der Waals surface area contributed by atoms with E-state index in [-0.39, 0.29) is 5.75 Å². The van der Waals surface area contributed by atoms with Gasteiger partial charge >= 0.3 is 0 Å². The van der Waals surface area contributed by atoms with E-state index in [1.807, 2.05) is 12.1 Å². The summed E-state index contributed by atoms with van der Waals surface area (Å²) >= 11 is 0. The molecule has 4 aromatic rings. The van der Waals surface area contributed by atoms with E-state index in [2.05, 4.69) is 85.4 Å². The summed E-state index contributed by atoms with van der Waals surface area (Å²) in [5.41, 5.74) is 14.6. The number of phenols is 1. The maximum Gasteiger partial charge on any atom is 0.116 e. The van der Waals surface area contributed by atoms with Gasteiger partial charge in [-0.1, -0.05) is 226 Å². The number of H-pyrrole nitrogens is 2. The molecule has 1 aromatic carbocycles. The molecule has 5 nitrogen and oxygen atoms in total. The first-order valence-electron chi connectivity index (χ1n) is 29.5. The lowest BCUT2D eigenvalue weighted by Gasteiger charge is -2.07. The Morgan fingerprint density at radius 3 is 0.986 bits per heavy atom. The smallest absolute Gasteiger partial charge is 0.116 e. The van der Waals surface area contributed by atoms with Crippen molar-refractivity contribution in [2.45, 2.75) is 252 Å². The molecule has 0 radical (unpaired) electrons. The SMILES string of the molecule is CCCCCCCCCCCCCc1c2nc(c(CCCCCCCCCCCCC)c3ccc([nH]3)c(-c3cccc(O)c3)c3ccc([nH]3)c(CCCCCCCCCCCCC)c3nc1C=C3)C=C2. The highest BCUT2D eigenvalue weighted by Crippen LogP contribution is 2.34. The molecule has 5 heteroatoms. The van der Waals surface area contributed by atoms with Crippen molar-refractivity contribution in [1.29, 1.82) is 0 Å². The molecule has 3 N–H and O–H groups in total. The lowest BCUT2D eigenvalue weighted by Crippen LogP contribution is -1.97. The molecule has 0 atom stereocenters. The van der Waals surface area contributed by atoms with Crippen molar-refractivity contribution in [3.63, 3.8) is 0 Å². The third-order valence-corrected chi connectivity index (χ3v) is 15.3. The molecule has 5 heterocycles. The molecule has 0 saturated heterocycles. The van der Waals surface area contributed by atoms with Crippen LogP contribution in [0.2, 0.25) is 0 Å². The fraction of sp³-hybridized carbons (Fsp3) is 0.600. The summed E-state index contributed by atoms with van der Waals surface area (Å²) < 4.78 is 0. The highest BCUT2D eigenvalue weighted by molar-refractivity contribution is 5.94. The lowest BCUT2D eigenvalue weighted by atomic mass is 10.0. The number of hydrogen-bond donors (Lipinski definition) is 3. The van der Waals surface area contributed by atoms with Crippen LogP contribution in [0.4, 0.5) is 0 Å². The Morgan fingerprint density at radius 2 is 0.643 bits per heavy atom. The molecule has 0 unspecified atom stereocenters. The number of nitrogens with zero attached hydrogens (tertiary/aromatic N) is 2. The largest absolute Gasteiger partial charge is 0.508 e. The van der Waals surface area contributed by atoms with E-state index >= 15 is 0 Å². The Bertz CT molecular complexity index is 2200. The predicted octanol–water partition coefficient (Wildman–Crippen LogP) is 20.6. The van der Waals surface area contributed by atoms with Crippen LogP contribution < -0.4 is 0 Å². The van der Waals surface area contributed by atoms with Gasteiger partial charge in [-0.2, -0.15) is 0 Å². The van der Waals surface area contributed by atoms with Crippen LogP contribution in [0, 0.1) is 0 Å². The number of unbranched alkanes of at least 4 members (excludes halogenated alkanes) is 30. The van der Waals surface area contributed by atoms with E-state index in [1.54, 1.807) is 6.07 Å². The number of aromatic nitrogens is 4. The van der Waals surface area contributed by atoms with E-state index in [0.29, 0.717) is 0 Å². The molecule has 2 aliphatic heterocycles. The molecular weight excluding hydrogens is 853 g/mol. The first-order chi connectivity index (χ1) is 34.6. The number of nitrogens with one attached hydrogen (secondary N) is 2. The highest BCUT2D eigenvalue weighted by Gasteiger charge is 2.18. The second-order valence-corrected chi connectivity index (χ2v) is 21.2. The topological polar surface area (TPSA) is 77.6 Å². The van der Waals surface area contributed by atoms with Crippen LogP contribution in [0.5, 0.6) is 5.75 Å². The monoisotopic (exact) mass is 949 g/mol. The van der Waals surface area contributed by atoms with Crippen molar-refractivity contribution in [3.8, 4) is 16.9 Å². The molecule has 0 fully saturated rings. The molecule has 0 spiro atoms. The van der Waals surface area contributed by atoms with Crippen molar-refractivity contribution < 1.29 is 5.11 Å². The highest BCUT2D eigenvalue weighted by atomic mass is 16.3. The summed E-state index contributed by atoms with van der Waals surface area (Å²) in [6.45, 7) is 6.91. The van der Waals surface area contributed by atoms with Crippen LogP contribution in [-0.2, 0) is 19.3 Å². The number of aromatic amines is 2. The quantitative estimate of drug-likeness (QED) is 0.0341. The van der Waals surface area contributed by atoms with Gasteiger partial charge < -0.3 is 15.1 Å². The van der Waals surface area contributed by atoms with Gasteiger partial charge in [-0.05, 0) is 105 Å². The summed E-state index contributed by atoms with van der Waals surface area (Å²) in [5, 5.41) is 10.8. The van der Waals surface area contributed by atoms with Crippen molar-refractivity contribution in [3.05, 3.63) is 88.0 Å². The average Bonchev–Trinajstić information content (AvgIpc) is 4.23. The summed E-state index contributed by atoms with van der Waals surface area (Å²) in [4.78, 5) is 19.0. The summed E-state index contributed by atoms with van der Waals surface area (Å²) in [7, 11) is 0. The summed E-state index contributed by atoms with van der Waals surface area (Å²) in [5.74, 6) is 0.269. The van der Waals surface area contributed by atoms with E-state index in [4.69, 9.17) is 9.97 Å². The van der Waals surface area contributed by atoms with Gasteiger partial charge in [0.2, 0.25) is 0 Å². The van der Waals surface area contributed by atoms with E-state index in [1.165, 1.54) is 209 Å². The van der Waals surface area contributed by atoms with Gasteiger partial charge in [-0.25, -0.2) is 9.97 Å². The molecule has 6 rings (SSSR count). The Balaban J connectivity index is 1.31. The second-order valence-electron chi connectivity index (χ2n) is 21.2. The fourth-order valence-electron chi connectivity index (χ4n) is 11.0. The minimum Gasteiger partial charge on any atom is -0.508 e. The number of benzene rings is 1. The van der Waals surface area contributed by atoms with Crippen LogP contribution in [-0.4, -0.2) is 25.0 Å². The van der Waals surface area contributed by atoms with Gasteiger partial charge in [-0.3, -0.25) is 0 Å². The molecule has 382 valence electrons. The standard InChI is InChI=1S/C65H96N4O/c1-4-7-10-13-16-19-22-25-28-31-34-40-54-57-43-45-59(66-57)55(41-35-32-29-26-23-20-17-14-11-8-5-2)61-47-49-63(68-61)65(52-38-37-39-53(70)51-52)64-50-48-62(69-64)56(60-46-44-58(54)67-60)42-36-33-30-27-24-21-18-15-12-9-6-3/h37-39,43-51,68-70H,4-36,40-42H2,1-3H3. The number of aryl methyl sites for hydroxylation is 2. The normalized spacial score (nSPS) is 12.2.